The van der Waals surface area contributed by atoms with Gasteiger partial charge in [-0.25, -0.2) is 0 Å². The van der Waals surface area contributed by atoms with Crippen LogP contribution in [-0.2, 0) is 126 Å². The Morgan fingerprint density at radius 3 is 0.811 bits per heavy atom. The Hall–Kier alpha value is -8.52. The molecule has 0 spiro atoms. The molecular formula is C62H74N12O21. The first-order valence-electron chi connectivity index (χ1n) is 30.1. The van der Waals surface area contributed by atoms with E-state index in [4.69, 9.17) is 80.5 Å². The molecule has 0 bridgehead atoms. The van der Waals surface area contributed by atoms with Gasteiger partial charge in [0.25, 0.3) is 0 Å². The zero-order valence-electron chi connectivity index (χ0n) is 52.7. The lowest BCUT2D eigenvalue weighted by Gasteiger charge is -2.51. The molecule has 0 aromatic heterocycles. The van der Waals surface area contributed by atoms with Gasteiger partial charge >= 0.3 is 23.9 Å². The Kier molecular flexibility index (Phi) is 28.1. The van der Waals surface area contributed by atoms with E-state index < -0.39 is 160 Å². The van der Waals surface area contributed by atoms with Crippen molar-refractivity contribution >= 4 is 23.9 Å². The predicted molar refractivity (Wildman–Crippen MR) is 325 cm³/mol. The van der Waals surface area contributed by atoms with E-state index in [0.717, 1.165) is 38.8 Å². The number of carbonyl (C=O) groups excluding carboxylic acids is 4. The number of ether oxygens (including phenoxy) is 17. The SMILES string of the molecule is CO[C@H]1O[C@H](COCc2ccccc2)[C@H](O[C@H]2O[C@H](COCc3ccccc3)[C@H](O[C@H]3O[C@H](COCc4ccccc4)[C@H](O[C@@H]4O[C@H](COCc5ccccc5)[C@H](OC)[C@H](OC(C)=O)[C@H]4N=[N+]=[N-])[C@H](OC(C)=O)[C@H]3N=[N+]=[N-])[C@H](OC(C)=O)[C@H]2N=[N+]=[N-])[C@H](OC(C)=O)[C@H]1N=[N+]=[N-]. The number of hydrogen-bond donors (Lipinski definition) is 0. The molecule has 0 unspecified atom stereocenters. The van der Waals surface area contributed by atoms with Crippen molar-refractivity contribution in [2.45, 2.75) is 177 Å². The molecule has 0 N–H and O–H groups in total. The summed E-state index contributed by atoms with van der Waals surface area (Å²) >= 11 is 0. The normalized spacial score (nSPS) is 30.3. The van der Waals surface area contributed by atoms with E-state index >= 15 is 0 Å². The second kappa shape index (κ2) is 37.0. The van der Waals surface area contributed by atoms with Crippen LogP contribution in [0.15, 0.2) is 142 Å². The molecule has 4 aromatic rings. The highest BCUT2D eigenvalue weighted by Crippen LogP contribution is 2.40. The Balaban J connectivity index is 1.20. The molecule has 508 valence electrons. The molecule has 0 amide bonds. The molecule has 4 saturated heterocycles. The monoisotopic (exact) mass is 1320 g/mol. The van der Waals surface area contributed by atoms with Crippen LogP contribution in [0.2, 0.25) is 0 Å². The second-order valence-corrected chi connectivity index (χ2v) is 22.0. The van der Waals surface area contributed by atoms with Gasteiger partial charge in [0, 0.05) is 61.6 Å². The Bertz CT molecular complexity index is 3300. The summed E-state index contributed by atoms with van der Waals surface area (Å²) in [6.07, 6.45) is -24.6. The molecule has 33 heteroatoms. The first kappa shape index (κ1) is 72.3. The molecule has 95 heavy (non-hydrogen) atoms. The average Bonchev–Trinajstić information content (AvgIpc) is 0.769. The maximum absolute atomic E-state index is 13.6. The highest BCUT2D eigenvalue weighted by Gasteiger charge is 2.59. The number of carbonyl (C=O) groups is 4. The maximum atomic E-state index is 13.6. The van der Waals surface area contributed by atoms with Crippen LogP contribution in [0.3, 0.4) is 0 Å². The average molecular weight is 1320 g/mol. The summed E-state index contributed by atoms with van der Waals surface area (Å²) in [4.78, 5) is 65.3. The molecule has 0 radical (unpaired) electrons. The van der Waals surface area contributed by atoms with E-state index in [1.807, 2.05) is 66.7 Å². The van der Waals surface area contributed by atoms with Crippen LogP contribution in [-0.4, -0.2) is 187 Å². The molecule has 0 aliphatic carbocycles. The quantitative estimate of drug-likeness (QED) is 0.0147. The van der Waals surface area contributed by atoms with Crippen molar-refractivity contribution in [2.75, 3.05) is 40.6 Å². The molecule has 4 aromatic carbocycles. The molecule has 4 aliphatic heterocycles. The summed E-state index contributed by atoms with van der Waals surface area (Å²) in [6, 6.07) is 29.7. The minimum Gasteiger partial charge on any atom is -0.459 e. The van der Waals surface area contributed by atoms with E-state index in [-0.39, 0.29) is 39.6 Å². The maximum Gasteiger partial charge on any atom is 0.303 e. The third kappa shape index (κ3) is 20.3. The lowest BCUT2D eigenvalue weighted by atomic mass is 9.93. The fourth-order valence-electron chi connectivity index (χ4n) is 11.4. The van der Waals surface area contributed by atoms with Gasteiger partial charge in [-0.2, -0.15) is 0 Å². The first-order chi connectivity index (χ1) is 46.2. The highest BCUT2D eigenvalue weighted by atomic mass is 16.8. The van der Waals surface area contributed by atoms with Gasteiger partial charge in [0.15, 0.2) is 25.2 Å². The molecule has 4 heterocycles. The molecule has 33 nitrogen and oxygen atoms in total. The number of rotatable bonds is 32. The summed E-state index contributed by atoms with van der Waals surface area (Å²) in [7, 11) is 2.61. The molecule has 0 saturated carbocycles. The number of benzene rings is 4. The molecule has 20 atom stereocenters. The van der Waals surface area contributed by atoms with Crippen molar-refractivity contribution < 1.29 is 99.7 Å². The third-order valence-corrected chi connectivity index (χ3v) is 15.4. The molecule has 4 fully saturated rings. The minimum atomic E-state index is -1.90. The van der Waals surface area contributed by atoms with E-state index in [0.29, 0.717) is 11.1 Å². The molecule has 4 aliphatic rings. The summed E-state index contributed by atoms with van der Waals surface area (Å²) in [5.74, 6) is -3.53. The fourth-order valence-corrected chi connectivity index (χ4v) is 11.4. The van der Waals surface area contributed by atoms with Gasteiger partial charge in [-0.15, -0.1) is 0 Å². The lowest BCUT2D eigenvalue weighted by Crippen LogP contribution is -2.68. The number of methoxy groups -OCH3 is 2. The van der Waals surface area contributed by atoms with E-state index in [2.05, 4.69) is 40.1 Å². The van der Waals surface area contributed by atoms with Crippen LogP contribution in [0.4, 0.5) is 0 Å². The number of esters is 4. The minimum absolute atomic E-state index is 0.0375. The van der Waals surface area contributed by atoms with Crippen molar-refractivity contribution in [3.05, 3.63) is 185 Å². The van der Waals surface area contributed by atoms with Crippen molar-refractivity contribution in [2.24, 2.45) is 20.5 Å². The van der Waals surface area contributed by atoms with Crippen LogP contribution in [0.1, 0.15) is 49.9 Å². The van der Waals surface area contributed by atoms with Crippen molar-refractivity contribution in [3.63, 3.8) is 0 Å². The van der Waals surface area contributed by atoms with Gasteiger partial charge in [0.1, 0.15) is 97.4 Å². The fraction of sp³-hybridized carbons (Fsp3) is 0.548. The Morgan fingerprint density at radius 1 is 0.347 bits per heavy atom. The zero-order valence-corrected chi connectivity index (χ0v) is 52.7. The number of hydrogen-bond acceptors (Lipinski definition) is 25. The standard InChI is InChI=1S/C62H74N12O21/c1-35(75)85-55-48(68-72-64)60(90-43(51(55)79-5)31-81-27-39-19-11-7-12-20-39)94-53-45(33-83-29-41-23-15-9-16-24-41)92-62(50(70-74-66)57(53)87-37(3)77)95-54-46(34-84-30-42-25-17-10-18-26-42)91-61(49(69-73-65)58(54)88-38(4)78)93-52-44(32-82-28-40-21-13-8-14-22-40)89-59(80-6)47(67-71-63)56(52)86-36(2)76/h7-26,43-62H,27-34H2,1-6H3/t43-,44-,45-,46-,47-,48-,49-,50-,51+,52+,53+,54+,55-,56-,57-,58-,59+,60+,61-,62-/m1/s1. The van der Waals surface area contributed by atoms with Crippen molar-refractivity contribution in [1.82, 2.24) is 0 Å². The van der Waals surface area contributed by atoms with Gasteiger partial charge in [0.05, 0.1) is 52.9 Å². The Labute approximate surface area is 545 Å². The summed E-state index contributed by atoms with van der Waals surface area (Å²) in [5.41, 5.74) is 43.8. The van der Waals surface area contributed by atoms with Crippen molar-refractivity contribution in [1.29, 1.82) is 0 Å². The van der Waals surface area contributed by atoms with Crippen LogP contribution in [0, 0.1) is 0 Å². The second-order valence-electron chi connectivity index (χ2n) is 22.0. The van der Waals surface area contributed by atoms with Gasteiger partial charge in [0.2, 0.25) is 0 Å². The highest BCUT2D eigenvalue weighted by molar-refractivity contribution is 5.67. The van der Waals surface area contributed by atoms with E-state index in [9.17, 15) is 41.3 Å². The summed E-state index contributed by atoms with van der Waals surface area (Å²) in [5, 5.41) is 16.0. The number of nitrogens with zero attached hydrogens (tertiary/aromatic N) is 12. The van der Waals surface area contributed by atoms with Crippen LogP contribution < -0.4 is 0 Å². The van der Waals surface area contributed by atoms with Gasteiger partial charge in [-0.1, -0.05) is 142 Å². The van der Waals surface area contributed by atoms with Gasteiger partial charge < -0.3 is 80.5 Å². The molecule has 8 rings (SSSR count). The first-order valence-corrected chi connectivity index (χ1v) is 30.1. The van der Waals surface area contributed by atoms with Gasteiger partial charge in [-0.05, 0) is 44.4 Å². The largest absolute Gasteiger partial charge is 0.459 e. The topological polar surface area (TPSA) is 420 Å². The van der Waals surface area contributed by atoms with Crippen LogP contribution in [0.5, 0.6) is 0 Å². The lowest BCUT2D eigenvalue weighted by molar-refractivity contribution is -0.361. The molecular weight excluding hydrogens is 1250 g/mol. The van der Waals surface area contributed by atoms with Crippen LogP contribution >= 0.6 is 0 Å². The third-order valence-electron chi connectivity index (χ3n) is 15.4. The van der Waals surface area contributed by atoms with Crippen molar-refractivity contribution in [3.8, 4) is 0 Å². The van der Waals surface area contributed by atoms with Gasteiger partial charge in [-0.3, -0.25) is 19.2 Å². The number of azide groups is 4. The zero-order chi connectivity index (χ0) is 67.6. The van der Waals surface area contributed by atoms with E-state index in [1.165, 1.54) is 14.2 Å². The Morgan fingerprint density at radius 2 is 0.579 bits per heavy atom. The summed E-state index contributed by atoms with van der Waals surface area (Å²) in [6.45, 7) is 3.10. The predicted octanol–water partition coefficient (Wildman–Crippen LogP) is 8.01. The van der Waals surface area contributed by atoms with Crippen LogP contribution in [0.25, 0.3) is 41.8 Å². The summed E-state index contributed by atoms with van der Waals surface area (Å²) < 4.78 is 107. The smallest absolute Gasteiger partial charge is 0.303 e. The van der Waals surface area contributed by atoms with E-state index in [1.54, 1.807) is 54.6 Å².